The Hall–Kier alpha value is -2.31. The van der Waals surface area contributed by atoms with Gasteiger partial charge in [0.15, 0.2) is 5.96 Å². The van der Waals surface area contributed by atoms with E-state index in [0.29, 0.717) is 0 Å². The summed E-state index contributed by atoms with van der Waals surface area (Å²) in [5, 5.41) is 6.90. The molecule has 0 spiro atoms. The number of hydrogen-bond donors (Lipinski definition) is 2. The summed E-state index contributed by atoms with van der Waals surface area (Å²) in [6.07, 6.45) is 0. The van der Waals surface area contributed by atoms with Gasteiger partial charge in [-0.25, -0.2) is 0 Å². The van der Waals surface area contributed by atoms with Gasteiger partial charge in [0.1, 0.15) is 11.5 Å². The number of morpholine rings is 1. The molecule has 0 bridgehead atoms. The molecule has 1 unspecified atom stereocenters. The molecule has 1 aromatic carbocycles. The predicted molar refractivity (Wildman–Crippen MR) is 113 cm³/mol. The van der Waals surface area contributed by atoms with Gasteiger partial charge in [0.05, 0.1) is 19.3 Å². The van der Waals surface area contributed by atoms with Crippen molar-refractivity contribution in [2.24, 2.45) is 4.99 Å². The second kappa shape index (κ2) is 9.75. The average Bonchev–Trinajstić information content (AvgIpc) is 3.12. The Morgan fingerprint density at radius 1 is 1.11 bits per heavy atom. The minimum absolute atomic E-state index is 0.150. The summed E-state index contributed by atoms with van der Waals surface area (Å²) in [6.45, 7) is 11.0. The summed E-state index contributed by atoms with van der Waals surface area (Å²) in [5.74, 6) is 2.71. The Kier molecular flexibility index (Phi) is 7.12. The SMILES string of the molecule is CN=C(NCc1ccc(C)cc1C)NCC(c1ccc(C)o1)N1CCOCC1. The van der Waals surface area contributed by atoms with Crippen LogP contribution in [0.5, 0.6) is 0 Å². The molecule has 1 saturated heterocycles. The maximum absolute atomic E-state index is 5.94. The van der Waals surface area contributed by atoms with Crippen LogP contribution in [0.2, 0.25) is 0 Å². The highest BCUT2D eigenvalue weighted by Crippen LogP contribution is 2.23. The molecule has 0 aliphatic carbocycles. The van der Waals surface area contributed by atoms with Crippen molar-refractivity contribution in [3.63, 3.8) is 0 Å². The third-order valence-corrected chi connectivity index (χ3v) is 5.21. The molecule has 2 aromatic rings. The van der Waals surface area contributed by atoms with E-state index in [-0.39, 0.29) is 6.04 Å². The van der Waals surface area contributed by atoms with Crippen LogP contribution >= 0.6 is 0 Å². The van der Waals surface area contributed by atoms with Crippen LogP contribution < -0.4 is 10.6 Å². The van der Waals surface area contributed by atoms with E-state index >= 15 is 0 Å². The Bertz CT molecular complexity index is 794. The summed E-state index contributed by atoms with van der Waals surface area (Å²) in [6, 6.07) is 10.8. The summed E-state index contributed by atoms with van der Waals surface area (Å²) >= 11 is 0. The fourth-order valence-electron chi connectivity index (χ4n) is 3.57. The van der Waals surface area contributed by atoms with Gasteiger partial charge in [0.25, 0.3) is 0 Å². The summed E-state index contributed by atoms with van der Waals surface area (Å²) in [4.78, 5) is 6.80. The van der Waals surface area contributed by atoms with E-state index in [1.807, 2.05) is 13.0 Å². The van der Waals surface area contributed by atoms with Crippen molar-refractivity contribution in [3.8, 4) is 0 Å². The molecule has 0 amide bonds. The largest absolute Gasteiger partial charge is 0.465 e. The summed E-state index contributed by atoms with van der Waals surface area (Å²) in [7, 11) is 1.80. The van der Waals surface area contributed by atoms with Gasteiger partial charge in [0, 0.05) is 33.2 Å². The third-order valence-electron chi connectivity index (χ3n) is 5.21. The van der Waals surface area contributed by atoms with E-state index < -0.39 is 0 Å². The Morgan fingerprint density at radius 2 is 1.89 bits per heavy atom. The first-order chi connectivity index (χ1) is 13.6. The lowest BCUT2D eigenvalue weighted by Crippen LogP contribution is -2.46. The maximum Gasteiger partial charge on any atom is 0.191 e. The molecule has 28 heavy (non-hydrogen) atoms. The summed E-state index contributed by atoms with van der Waals surface area (Å²) in [5.41, 5.74) is 3.85. The van der Waals surface area contributed by atoms with Crippen LogP contribution in [0, 0.1) is 20.8 Å². The number of nitrogens with one attached hydrogen (secondary N) is 2. The molecule has 0 saturated carbocycles. The van der Waals surface area contributed by atoms with Crippen LogP contribution in [-0.4, -0.2) is 50.8 Å². The molecule has 3 rings (SSSR count). The first kappa shape index (κ1) is 20.4. The number of aliphatic imine (C=N–C) groups is 1. The normalized spacial score (nSPS) is 16.8. The summed E-state index contributed by atoms with van der Waals surface area (Å²) < 4.78 is 11.5. The quantitative estimate of drug-likeness (QED) is 0.592. The van der Waals surface area contributed by atoms with Crippen LogP contribution in [0.1, 0.15) is 34.3 Å². The minimum atomic E-state index is 0.150. The Morgan fingerprint density at radius 3 is 2.54 bits per heavy atom. The van der Waals surface area contributed by atoms with Crippen LogP contribution in [-0.2, 0) is 11.3 Å². The number of nitrogens with zero attached hydrogens (tertiary/aromatic N) is 2. The molecule has 1 aliphatic rings. The molecular weight excluding hydrogens is 352 g/mol. The van der Waals surface area contributed by atoms with Crippen molar-refractivity contribution in [2.45, 2.75) is 33.4 Å². The number of ether oxygens (including phenoxy) is 1. The Labute approximate surface area is 168 Å². The molecule has 6 heteroatoms. The topological polar surface area (TPSA) is 62.0 Å². The number of furan rings is 1. The van der Waals surface area contributed by atoms with Crippen LogP contribution in [0.4, 0.5) is 0 Å². The van der Waals surface area contributed by atoms with E-state index in [1.165, 1.54) is 16.7 Å². The molecule has 1 aromatic heterocycles. The van der Waals surface area contributed by atoms with Gasteiger partial charge in [-0.3, -0.25) is 9.89 Å². The van der Waals surface area contributed by atoms with Gasteiger partial charge in [-0.2, -0.15) is 0 Å². The monoisotopic (exact) mass is 384 g/mol. The van der Waals surface area contributed by atoms with Crippen molar-refractivity contribution in [3.05, 3.63) is 58.5 Å². The van der Waals surface area contributed by atoms with Gasteiger partial charge in [-0.15, -0.1) is 0 Å². The smallest absolute Gasteiger partial charge is 0.191 e. The first-order valence-electron chi connectivity index (χ1n) is 9.95. The van der Waals surface area contributed by atoms with Gasteiger partial charge in [-0.1, -0.05) is 23.8 Å². The van der Waals surface area contributed by atoms with Crippen molar-refractivity contribution in [1.82, 2.24) is 15.5 Å². The maximum atomic E-state index is 5.94. The molecule has 0 radical (unpaired) electrons. The van der Waals surface area contributed by atoms with E-state index in [4.69, 9.17) is 9.15 Å². The lowest BCUT2D eigenvalue weighted by Gasteiger charge is -2.33. The minimum Gasteiger partial charge on any atom is -0.465 e. The average molecular weight is 385 g/mol. The van der Waals surface area contributed by atoms with Crippen molar-refractivity contribution in [2.75, 3.05) is 39.9 Å². The van der Waals surface area contributed by atoms with Crippen LogP contribution in [0.3, 0.4) is 0 Å². The van der Waals surface area contributed by atoms with Crippen LogP contribution in [0.15, 0.2) is 39.7 Å². The van der Waals surface area contributed by atoms with E-state index in [0.717, 1.165) is 56.9 Å². The first-order valence-corrected chi connectivity index (χ1v) is 9.95. The zero-order valence-electron chi connectivity index (χ0n) is 17.4. The highest BCUT2D eigenvalue weighted by molar-refractivity contribution is 5.79. The van der Waals surface area contributed by atoms with Crippen molar-refractivity contribution >= 4 is 5.96 Å². The zero-order chi connectivity index (χ0) is 19.9. The third kappa shape index (κ3) is 5.36. The molecular formula is C22H32N4O2. The van der Waals surface area contributed by atoms with Crippen molar-refractivity contribution in [1.29, 1.82) is 0 Å². The highest BCUT2D eigenvalue weighted by atomic mass is 16.5. The molecule has 2 N–H and O–H groups in total. The number of hydrogen-bond acceptors (Lipinski definition) is 4. The van der Waals surface area contributed by atoms with Crippen LogP contribution in [0.25, 0.3) is 0 Å². The molecule has 152 valence electrons. The van der Waals surface area contributed by atoms with Gasteiger partial charge < -0.3 is 19.8 Å². The number of rotatable bonds is 6. The second-order valence-corrected chi connectivity index (χ2v) is 7.35. The number of guanidine groups is 1. The lowest BCUT2D eigenvalue weighted by atomic mass is 10.1. The Balaban J connectivity index is 1.61. The van der Waals surface area contributed by atoms with E-state index in [1.54, 1.807) is 7.05 Å². The molecule has 6 nitrogen and oxygen atoms in total. The molecule has 2 heterocycles. The number of benzene rings is 1. The van der Waals surface area contributed by atoms with Gasteiger partial charge in [-0.05, 0) is 44.0 Å². The molecule has 1 aliphatic heterocycles. The predicted octanol–water partition coefficient (Wildman–Crippen LogP) is 2.94. The molecule has 1 fully saturated rings. The molecule has 1 atom stereocenters. The number of aryl methyl sites for hydroxylation is 3. The fraction of sp³-hybridized carbons (Fsp3) is 0.500. The fourth-order valence-corrected chi connectivity index (χ4v) is 3.57. The zero-order valence-corrected chi connectivity index (χ0v) is 17.4. The second-order valence-electron chi connectivity index (χ2n) is 7.35. The van der Waals surface area contributed by atoms with Gasteiger partial charge >= 0.3 is 0 Å². The van der Waals surface area contributed by atoms with E-state index in [9.17, 15) is 0 Å². The highest BCUT2D eigenvalue weighted by Gasteiger charge is 2.25. The lowest BCUT2D eigenvalue weighted by molar-refractivity contribution is 0.0124. The van der Waals surface area contributed by atoms with E-state index in [2.05, 4.69) is 58.6 Å². The van der Waals surface area contributed by atoms with Crippen molar-refractivity contribution < 1.29 is 9.15 Å². The standard InChI is InChI=1S/C22H32N4O2/c1-16-5-7-19(17(2)13-16)14-24-22(23-4)25-15-20(21-8-6-18(3)28-21)26-9-11-27-12-10-26/h5-8,13,20H,9-12,14-15H2,1-4H3,(H2,23,24,25). The van der Waals surface area contributed by atoms with Gasteiger partial charge in [0.2, 0.25) is 0 Å².